The molecule has 0 aliphatic rings. The summed E-state index contributed by atoms with van der Waals surface area (Å²) in [6, 6.07) is 11.3. The number of nitrogens with zero attached hydrogens (tertiary/aromatic N) is 2. The van der Waals surface area contributed by atoms with Crippen LogP contribution in [-0.2, 0) is 26.2 Å². The van der Waals surface area contributed by atoms with Gasteiger partial charge in [0.1, 0.15) is 12.6 Å². The molecule has 0 saturated heterocycles. The number of halogens is 2. The molecule has 0 aliphatic heterocycles. The second-order valence-electron chi connectivity index (χ2n) is 7.42. The van der Waals surface area contributed by atoms with Crippen LogP contribution in [0.2, 0.25) is 10.0 Å². The molecule has 0 spiro atoms. The van der Waals surface area contributed by atoms with E-state index in [1.165, 1.54) is 17.0 Å². The number of anilines is 1. The average Bonchev–Trinajstić information content (AvgIpc) is 2.71. The summed E-state index contributed by atoms with van der Waals surface area (Å²) in [4.78, 5) is 27.3. The molecule has 0 radical (unpaired) electrons. The molecule has 0 unspecified atom stereocenters. The van der Waals surface area contributed by atoms with Crippen molar-refractivity contribution in [2.45, 2.75) is 33.4 Å². The van der Waals surface area contributed by atoms with Gasteiger partial charge in [-0.15, -0.1) is 0 Å². The summed E-state index contributed by atoms with van der Waals surface area (Å²) in [6.07, 6.45) is 0.982. The number of hydrogen-bond donors (Lipinski definition) is 1. The highest BCUT2D eigenvalue weighted by atomic mass is 35.5. The lowest BCUT2D eigenvalue weighted by Gasteiger charge is -2.31. The fourth-order valence-electron chi connectivity index (χ4n) is 3.19. The van der Waals surface area contributed by atoms with Gasteiger partial charge in [0, 0.05) is 13.1 Å². The summed E-state index contributed by atoms with van der Waals surface area (Å²) >= 11 is 12.3. The van der Waals surface area contributed by atoms with Crippen LogP contribution >= 0.6 is 23.2 Å². The Hall–Kier alpha value is -2.29. The zero-order valence-corrected chi connectivity index (χ0v) is 20.8. The standard InChI is InChI=1S/C22H27Cl2N3O4S/c1-5-25-22(29)16(3)26(13-17-9-6-8-15(2)12-17)20(28)14-27(32(4,30)31)19-11-7-10-18(23)21(19)24/h6-12,16H,5,13-14H2,1-4H3,(H,25,29)/t16-/m1/s1. The van der Waals surface area contributed by atoms with Crippen molar-refractivity contribution in [3.63, 3.8) is 0 Å². The number of carbonyl (C=O) groups is 2. The Morgan fingerprint density at radius 2 is 1.78 bits per heavy atom. The first kappa shape index (κ1) is 26.0. The normalized spacial score (nSPS) is 12.2. The van der Waals surface area contributed by atoms with Gasteiger partial charge in [-0.2, -0.15) is 0 Å². The fourth-order valence-corrected chi connectivity index (χ4v) is 4.49. The number of sulfonamides is 1. The molecule has 7 nitrogen and oxygen atoms in total. The number of nitrogens with one attached hydrogen (secondary N) is 1. The van der Waals surface area contributed by atoms with Gasteiger partial charge in [-0.25, -0.2) is 8.42 Å². The topological polar surface area (TPSA) is 86.8 Å². The highest BCUT2D eigenvalue weighted by molar-refractivity contribution is 7.92. The SMILES string of the molecule is CCNC(=O)[C@@H](C)N(Cc1cccc(C)c1)C(=O)CN(c1cccc(Cl)c1Cl)S(C)(=O)=O. The third-order valence-corrected chi connectivity index (χ3v) is 6.77. The number of amides is 2. The molecule has 32 heavy (non-hydrogen) atoms. The largest absolute Gasteiger partial charge is 0.355 e. The van der Waals surface area contributed by atoms with Crippen molar-refractivity contribution in [3.05, 3.63) is 63.6 Å². The molecule has 2 aromatic carbocycles. The van der Waals surface area contributed by atoms with Crippen LogP contribution in [0.15, 0.2) is 42.5 Å². The van der Waals surface area contributed by atoms with Crippen molar-refractivity contribution in [1.82, 2.24) is 10.2 Å². The smallest absolute Gasteiger partial charge is 0.244 e. The van der Waals surface area contributed by atoms with E-state index in [2.05, 4.69) is 5.32 Å². The van der Waals surface area contributed by atoms with E-state index >= 15 is 0 Å². The molecule has 10 heteroatoms. The lowest BCUT2D eigenvalue weighted by Crippen LogP contribution is -2.51. The van der Waals surface area contributed by atoms with E-state index in [1.54, 1.807) is 19.9 Å². The van der Waals surface area contributed by atoms with E-state index in [1.807, 2.05) is 31.2 Å². The monoisotopic (exact) mass is 499 g/mol. The summed E-state index contributed by atoms with van der Waals surface area (Å²) < 4.78 is 26.0. The Balaban J connectivity index is 2.43. The number of hydrogen-bond acceptors (Lipinski definition) is 4. The zero-order chi connectivity index (χ0) is 24.1. The Bertz CT molecular complexity index is 1090. The number of aryl methyl sites for hydroxylation is 1. The lowest BCUT2D eigenvalue weighted by molar-refractivity contribution is -0.139. The minimum atomic E-state index is -3.88. The van der Waals surface area contributed by atoms with E-state index in [-0.39, 0.29) is 28.2 Å². The minimum absolute atomic E-state index is 0.0226. The zero-order valence-electron chi connectivity index (χ0n) is 18.4. The van der Waals surface area contributed by atoms with Crippen LogP contribution in [0, 0.1) is 6.92 Å². The maximum Gasteiger partial charge on any atom is 0.244 e. The van der Waals surface area contributed by atoms with Gasteiger partial charge in [-0.05, 0) is 38.5 Å². The third kappa shape index (κ3) is 6.60. The van der Waals surface area contributed by atoms with Gasteiger partial charge in [0.15, 0.2) is 0 Å². The van der Waals surface area contributed by atoms with Gasteiger partial charge in [-0.3, -0.25) is 13.9 Å². The van der Waals surface area contributed by atoms with Gasteiger partial charge in [0.05, 0.1) is 22.0 Å². The minimum Gasteiger partial charge on any atom is -0.355 e. The number of benzene rings is 2. The van der Waals surface area contributed by atoms with Crippen molar-refractivity contribution in [2.75, 3.05) is 23.7 Å². The molecule has 2 amide bonds. The Morgan fingerprint density at radius 3 is 2.38 bits per heavy atom. The maximum absolute atomic E-state index is 13.4. The highest BCUT2D eigenvalue weighted by Gasteiger charge is 2.30. The van der Waals surface area contributed by atoms with Crippen LogP contribution in [0.1, 0.15) is 25.0 Å². The van der Waals surface area contributed by atoms with E-state index in [9.17, 15) is 18.0 Å². The van der Waals surface area contributed by atoms with Gasteiger partial charge in [0.25, 0.3) is 0 Å². The molecule has 2 aromatic rings. The maximum atomic E-state index is 13.4. The van der Waals surface area contributed by atoms with Crippen molar-refractivity contribution in [2.24, 2.45) is 0 Å². The average molecular weight is 500 g/mol. The number of likely N-dealkylation sites (N-methyl/N-ethyl adjacent to an activating group) is 1. The number of carbonyl (C=O) groups excluding carboxylic acids is 2. The molecule has 0 fully saturated rings. The molecule has 1 atom stereocenters. The molecular formula is C22H27Cl2N3O4S. The second kappa shape index (κ2) is 11.0. The Morgan fingerprint density at radius 1 is 1.12 bits per heavy atom. The van der Waals surface area contributed by atoms with Crippen molar-refractivity contribution in [3.8, 4) is 0 Å². The lowest BCUT2D eigenvalue weighted by atomic mass is 10.1. The van der Waals surface area contributed by atoms with Crippen LogP contribution in [-0.4, -0.2) is 50.5 Å². The van der Waals surface area contributed by atoms with Gasteiger partial charge in [0.2, 0.25) is 21.8 Å². The molecule has 1 N–H and O–H groups in total. The summed E-state index contributed by atoms with van der Waals surface area (Å²) in [7, 11) is -3.88. The first-order valence-electron chi connectivity index (χ1n) is 10.00. The van der Waals surface area contributed by atoms with Crippen LogP contribution in [0.4, 0.5) is 5.69 Å². The first-order valence-corrected chi connectivity index (χ1v) is 12.6. The van der Waals surface area contributed by atoms with Gasteiger partial charge < -0.3 is 10.2 Å². The second-order valence-corrected chi connectivity index (χ2v) is 10.1. The Kier molecular flexibility index (Phi) is 8.95. The van der Waals surface area contributed by atoms with Crippen molar-refractivity contribution >= 4 is 50.7 Å². The highest BCUT2D eigenvalue weighted by Crippen LogP contribution is 2.33. The third-order valence-electron chi connectivity index (χ3n) is 4.83. The molecule has 0 aromatic heterocycles. The van der Waals surface area contributed by atoms with Gasteiger partial charge in [-0.1, -0.05) is 59.1 Å². The van der Waals surface area contributed by atoms with E-state index in [0.717, 1.165) is 21.7 Å². The quantitative estimate of drug-likeness (QED) is 0.570. The molecule has 174 valence electrons. The predicted octanol–water partition coefficient (Wildman–Crippen LogP) is 3.62. The molecule has 2 rings (SSSR count). The number of rotatable bonds is 9. The molecular weight excluding hydrogens is 473 g/mol. The molecule has 0 aliphatic carbocycles. The van der Waals surface area contributed by atoms with Crippen LogP contribution < -0.4 is 9.62 Å². The van der Waals surface area contributed by atoms with E-state index in [4.69, 9.17) is 23.2 Å². The fraction of sp³-hybridized carbons (Fsp3) is 0.364. The van der Waals surface area contributed by atoms with Crippen LogP contribution in [0.5, 0.6) is 0 Å². The summed E-state index contributed by atoms with van der Waals surface area (Å²) in [5, 5.41) is 2.89. The first-order chi connectivity index (χ1) is 15.0. The Labute approximate surface area is 199 Å². The molecule has 0 heterocycles. The molecule has 0 saturated carbocycles. The molecule has 0 bridgehead atoms. The van der Waals surface area contributed by atoms with E-state index < -0.39 is 28.5 Å². The van der Waals surface area contributed by atoms with E-state index in [0.29, 0.717) is 6.54 Å². The summed E-state index contributed by atoms with van der Waals surface area (Å²) in [5.41, 5.74) is 1.92. The summed E-state index contributed by atoms with van der Waals surface area (Å²) in [6.45, 7) is 5.33. The van der Waals surface area contributed by atoms with Crippen molar-refractivity contribution < 1.29 is 18.0 Å². The van der Waals surface area contributed by atoms with Gasteiger partial charge >= 0.3 is 0 Å². The van der Waals surface area contributed by atoms with Crippen LogP contribution in [0.25, 0.3) is 0 Å². The van der Waals surface area contributed by atoms with Crippen LogP contribution in [0.3, 0.4) is 0 Å². The van der Waals surface area contributed by atoms with Crippen molar-refractivity contribution in [1.29, 1.82) is 0 Å². The summed E-state index contributed by atoms with van der Waals surface area (Å²) in [5.74, 6) is -0.882. The predicted molar refractivity (Wildman–Crippen MR) is 129 cm³/mol.